The van der Waals surface area contributed by atoms with Crippen LogP contribution in [0.5, 0.6) is 11.5 Å². The van der Waals surface area contributed by atoms with E-state index in [-0.39, 0.29) is 0 Å². The fourth-order valence-electron chi connectivity index (χ4n) is 2.14. The van der Waals surface area contributed by atoms with E-state index >= 15 is 0 Å². The predicted octanol–water partition coefficient (Wildman–Crippen LogP) is 2.56. The monoisotopic (exact) mass is 281 g/mol. The first kappa shape index (κ1) is 16.8. The normalized spacial score (nSPS) is 12.4. The minimum absolute atomic E-state index is 0.316. The molecule has 0 heterocycles. The lowest BCUT2D eigenvalue weighted by Gasteiger charge is -2.24. The standard InChI is InChI=1S/C16H27NO3/c1-4-10-17(11-5-2)12-14(18)13-20-16-8-6-15(19-3)7-9-16/h6-9,14,18H,4-5,10-13H2,1-3H3. The van der Waals surface area contributed by atoms with E-state index in [0.717, 1.165) is 37.4 Å². The molecular formula is C16H27NO3. The summed E-state index contributed by atoms with van der Waals surface area (Å²) in [7, 11) is 1.63. The zero-order valence-electron chi connectivity index (χ0n) is 12.8. The van der Waals surface area contributed by atoms with E-state index in [4.69, 9.17) is 9.47 Å². The van der Waals surface area contributed by atoms with Crippen molar-refractivity contribution in [2.45, 2.75) is 32.8 Å². The molecule has 0 bridgehead atoms. The van der Waals surface area contributed by atoms with Gasteiger partial charge in [-0.1, -0.05) is 13.8 Å². The number of nitrogens with zero attached hydrogens (tertiary/aromatic N) is 1. The number of aliphatic hydroxyl groups excluding tert-OH is 1. The quantitative estimate of drug-likeness (QED) is 0.715. The van der Waals surface area contributed by atoms with Gasteiger partial charge in [0.25, 0.3) is 0 Å². The van der Waals surface area contributed by atoms with Crippen molar-refractivity contribution in [3.8, 4) is 11.5 Å². The smallest absolute Gasteiger partial charge is 0.119 e. The Balaban J connectivity index is 2.35. The fraction of sp³-hybridized carbons (Fsp3) is 0.625. The summed E-state index contributed by atoms with van der Waals surface area (Å²) in [5.74, 6) is 1.55. The van der Waals surface area contributed by atoms with Crippen LogP contribution >= 0.6 is 0 Å². The maximum atomic E-state index is 10.0. The molecule has 20 heavy (non-hydrogen) atoms. The summed E-state index contributed by atoms with van der Waals surface area (Å²) < 4.78 is 10.7. The molecule has 1 N–H and O–H groups in total. The fourth-order valence-corrected chi connectivity index (χ4v) is 2.14. The van der Waals surface area contributed by atoms with E-state index < -0.39 is 6.10 Å². The Morgan fingerprint density at radius 3 is 2.10 bits per heavy atom. The molecule has 1 atom stereocenters. The molecule has 0 aromatic heterocycles. The van der Waals surface area contributed by atoms with Gasteiger partial charge in [0.2, 0.25) is 0 Å². The second kappa shape index (κ2) is 9.61. The number of ether oxygens (including phenoxy) is 2. The molecule has 0 aliphatic carbocycles. The molecule has 114 valence electrons. The molecule has 1 unspecified atom stereocenters. The van der Waals surface area contributed by atoms with Crippen molar-refractivity contribution in [2.24, 2.45) is 0 Å². The van der Waals surface area contributed by atoms with Crippen LogP contribution in [0.2, 0.25) is 0 Å². The van der Waals surface area contributed by atoms with Crippen molar-refractivity contribution in [3.05, 3.63) is 24.3 Å². The third-order valence-corrected chi connectivity index (χ3v) is 3.05. The van der Waals surface area contributed by atoms with E-state index in [1.165, 1.54) is 0 Å². The van der Waals surface area contributed by atoms with Gasteiger partial charge in [-0.25, -0.2) is 0 Å². The molecule has 0 aliphatic rings. The molecule has 4 nitrogen and oxygen atoms in total. The molecular weight excluding hydrogens is 254 g/mol. The van der Waals surface area contributed by atoms with Crippen molar-refractivity contribution in [1.29, 1.82) is 0 Å². The summed E-state index contributed by atoms with van der Waals surface area (Å²) in [5, 5.41) is 10.0. The summed E-state index contributed by atoms with van der Waals surface area (Å²) in [5.41, 5.74) is 0. The van der Waals surface area contributed by atoms with Gasteiger partial charge < -0.3 is 19.5 Å². The van der Waals surface area contributed by atoms with Crippen molar-refractivity contribution < 1.29 is 14.6 Å². The maximum Gasteiger partial charge on any atom is 0.119 e. The second-order valence-corrected chi connectivity index (χ2v) is 4.94. The van der Waals surface area contributed by atoms with E-state index in [9.17, 15) is 5.11 Å². The van der Waals surface area contributed by atoms with Gasteiger partial charge in [0, 0.05) is 6.54 Å². The van der Waals surface area contributed by atoms with Crippen LogP contribution in [0.15, 0.2) is 24.3 Å². The average Bonchev–Trinajstić information content (AvgIpc) is 2.46. The molecule has 0 spiro atoms. The zero-order chi connectivity index (χ0) is 14.8. The number of benzene rings is 1. The topological polar surface area (TPSA) is 41.9 Å². The third-order valence-electron chi connectivity index (χ3n) is 3.05. The maximum absolute atomic E-state index is 10.0. The molecule has 4 heteroatoms. The van der Waals surface area contributed by atoms with Gasteiger partial charge in [0.1, 0.15) is 24.2 Å². The number of methoxy groups -OCH3 is 1. The van der Waals surface area contributed by atoms with Crippen molar-refractivity contribution in [1.82, 2.24) is 4.90 Å². The Labute approximate surface area is 122 Å². The first-order chi connectivity index (χ1) is 9.69. The molecule has 0 radical (unpaired) electrons. The Bertz CT molecular complexity index is 347. The Hall–Kier alpha value is -1.26. The summed E-state index contributed by atoms with van der Waals surface area (Å²) >= 11 is 0. The van der Waals surface area contributed by atoms with Crippen molar-refractivity contribution in [3.63, 3.8) is 0 Å². The van der Waals surface area contributed by atoms with Crippen LogP contribution in [0.4, 0.5) is 0 Å². The van der Waals surface area contributed by atoms with Gasteiger partial charge in [-0.05, 0) is 50.2 Å². The van der Waals surface area contributed by atoms with Crippen LogP contribution in [-0.2, 0) is 0 Å². The van der Waals surface area contributed by atoms with Crippen LogP contribution in [0, 0.1) is 0 Å². The number of rotatable bonds is 10. The molecule has 0 aliphatic heterocycles. The first-order valence-corrected chi connectivity index (χ1v) is 7.36. The lowest BCUT2D eigenvalue weighted by atomic mass is 10.3. The number of hydrogen-bond acceptors (Lipinski definition) is 4. The highest BCUT2D eigenvalue weighted by atomic mass is 16.5. The number of aliphatic hydroxyl groups is 1. The van der Waals surface area contributed by atoms with Crippen LogP contribution in [0.1, 0.15) is 26.7 Å². The van der Waals surface area contributed by atoms with E-state index in [1.807, 2.05) is 24.3 Å². The molecule has 1 aromatic rings. The minimum Gasteiger partial charge on any atom is -0.497 e. The van der Waals surface area contributed by atoms with E-state index in [2.05, 4.69) is 18.7 Å². The Morgan fingerprint density at radius 2 is 1.60 bits per heavy atom. The largest absolute Gasteiger partial charge is 0.497 e. The number of hydrogen-bond donors (Lipinski definition) is 1. The lowest BCUT2D eigenvalue weighted by molar-refractivity contribution is 0.0681. The molecule has 1 rings (SSSR count). The van der Waals surface area contributed by atoms with Crippen molar-refractivity contribution in [2.75, 3.05) is 33.4 Å². The Morgan fingerprint density at radius 1 is 1.05 bits per heavy atom. The summed E-state index contributed by atoms with van der Waals surface area (Å²) in [6.45, 7) is 7.33. The van der Waals surface area contributed by atoms with Crippen LogP contribution in [-0.4, -0.2) is 49.5 Å². The second-order valence-electron chi connectivity index (χ2n) is 4.94. The van der Waals surface area contributed by atoms with Gasteiger partial charge in [0.15, 0.2) is 0 Å². The van der Waals surface area contributed by atoms with Gasteiger partial charge in [-0.3, -0.25) is 0 Å². The molecule has 0 amide bonds. The lowest BCUT2D eigenvalue weighted by Crippen LogP contribution is -2.36. The highest BCUT2D eigenvalue weighted by molar-refractivity contribution is 5.31. The van der Waals surface area contributed by atoms with Crippen LogP contribution < -0.4 is 9.47 Å². The molecule has 1 aromatic carbocycles. The molecule has 0 saturated carbocycles. The SMILES string of the molecule is CCCN(CCC)CC(O)COc1ccc(OC)cc1. The summed E-state index contributed by atoms with van der Waals surface area (Å²) in [6.07, 6.45) is 1.74. The third kappa shape index (κ3) is 6.26. The molecule has 0 fully saturated rings. The molecule has 0 saturated heterocycles. The van der Waals surface area contributed by atoms with E-state index in [0.29, 0.717) is 13.2 Å². The average molecular weight is 281 g/mol. The van der Waals surface area contributed by atoms with Gasteiger partial charge >= 0.3 is 0 Å². The van der Waals surface area contributed by atoms with E-state index in [1.54, 1.807) is 7.11 Å². The predicted molar refractivity (Wildman–Crippen MR) is 81.5 cm³/mol. The Kier molecular flexibility index (Phi) is 8.07. The highest BCUT2D eigenvalue weighted by Crippen LogP contribution is 2.17. The van der Waals surface area contributed by atoms with Crippen molar-refractivity contribution >= 4 is 0 Å². The highest BCUT2D eigenvalue weighted by Gasteiger charge is 2.11. The van der Waals surface area contributed by atoms with Crippen LogP contribution in [0.3, 0.4) is 0 Å². The van der Waals surface area contributed by atoms with Gasteiger partial charge in [-0.15, -0.1) is 0 Å². The summed E-state index contributed by atoms with van der Waals surface area (Å²) in [6, 6.07) is 7.40. The van der Waals surface area contributed by atoms with Gasteiger partial charge in [0.05, 0.1) is 7.11 Å². The minimum atomic E-state index is -0.463. The summed E-state index contributed by atoms with van der Waals surface area (Å²) in [4.78, 5) is 2.28. The van der Waals surface area contributed by atoms with Gasteiger partial charge in [-0.2, -0.15) is 0 Å². The first-order valence-electron chi connectivity index (χ1n) is 7.36. The van der Waals surface area contributed by atoms with Crippen LogP contribution in [0.25, 0.3) is 0 Å². The zero-order valence-corrected chi connectivity index (χ0v) is 12.8.